The molecule has 0 spiro atoms. The number of hydrogen-bond donors (Lipinski definition) is 3. The smallest absolute Gasteiger partial charge is 0.243 e. The van der Waals surface area contributed by atoms with Crippen molar-refractivity contribution in [1.82, 2.24) is 14.7 Å². The lowest BCUT2D eigenvalue weighted by atomic mass is 10.2. The number of halogens is 1. The van der Waals surface area contributed by atoms with Crippen LogP contribution in [0.25, 0.3) is 10.9 Å². The van der Waals surface area contributed by atoms with Gasteiger partial charge in [-0.1, -0.05) is 15.9 Å². The van der Waals surface area contributed by atoms with Crippen LogP contribution >= 0.6 is 28.1 Å². The third-order valence-corrected chi connectivity index (χ3v) is 7.37. The fourth-order valence-corrected chi connectivity index (χ4v) is 5.13. The third kappa shape index (κ3) is 5.13. The molecule has 8 nitrogen and oxygen atoms in total. The number of benzene rings is 2. The largest absolute Gasteiger partial charge is 0.379 e. The highest BCUT2D eigenvalue weighted by atomic mass is 79.9. The van der Waals surface area contributed by atoms with Gasteiger partial charge in [-0.05, 0) is 54.7 Å². The molecular weight excluding hydrogens is 502 g/mol. The summed E-state index contributed by atoms with van der Waals surface area (Å²) >= 11 is 8.73. The maximum Gasteiger partial charge on any atom is 0.243 e. The average molecular weight is 522 g/mol. The van der Waals surface area contributed by atoms with E-state index in [-0.39, 0.29) is 4.90 Å². The second-order valence-corrected chi connectivity index (χ2v) is 10.1. The van der Waals surface area contributed by atoms with Gasteiger partial charge < -0.3 is 15.0 Å². The topological polar surface area (TPSA) is 98.8 Å². The van der Waals surface area contributed by atoms with Gasteiger partial charge in [0.15, 0.2) is 5.11 Å². The van der Waals surface area contributed by atoms with Gasteiger partial charge in [0.25, 0.3) is 0 Å². The molecule has 1 aromatic heterocycles. The number of sulfonamides is 1. The van der Waals surface area contributed by atoms with E-state index < -0.39 is 10.0 Å². The molecule has 31 heavy (non-hydrogen) atoms. The van der Waals surface area contributed by atoms with Crippen LogP contribution in [0.1, 0.15) is 5.56 Å². The second kappa shape index (κ2) is 9.45. The summed E-state index contributed by atoms with van der Waals surface area (Å²) in [5.74, 6) is 0. The maximum absolute atomic E-state index is 12.7. The summed E-state index contributed by atoms with van der Waals surface area (Å²) in [6.07, 6.45) is 3.55. The summed E-state index contributed by atoms with van der Waals surface area (Å²) in [4.78, 5) is 3.42. The van der Waals surface area contributed by atoms with E-state index in [4.69, 9.17) is 17.0 Å². The number of aromatic nitrogens is 1. The van der Waals surface area contributed by atoms with Crippen LogP contribution < -0.4 is 10.7 Å². The summed E-state index contributed by atoms with van der Waals surface area (Å²) in [6.45, 7) is 1.55. The van der Waals surface area contributed by atoms with Crippen LogP contribution in [0.2, 0.25) is 0 Å². The predicted octanol–water partition coefficient (Wildman–Crippen LogP) is 3.27. The molecule has 0 bridgehead atoms. The summed E-state index contributed by atoms with van der Waals surface area (Å²) < 4.78 is 33.0. The molecule has 1 aliphatic heterocycles. The van der Waals surface area contributed by atoms with Gasteiger partial charge >= 0.3 is 0 Å². The van der Waals surface area contributed by atoms with Crippen LogP contribution in [0.5, 0.6) is 0 Å². The molecule has 1 fully saturated rings. The first kappa shape index (κ1) is 21.9. The highest BCUT2D eigenvalue weighted by Crippen LogP contribution is 2.22. The van der Waals surface area contributed by atoms with Gasteiger partial charge in [-0.25, -0.2) is 8.42 Å². The zero-order chi connectivity index (χ0) is 21.8. The Labute approximate surface area is 193 Å². The number of nitrogens with one attached hydrogen (secondary N) is 3. The molecule has 1 aliphatic rings. The Bertz CT molecular complexity index is 1220. The van der Waals surface area contributed by atoms with E-state index in [2.05, 4.69) is 36.8 Å². The van der Waals surface area contributed by atoms with Gasteiger partial charge in [-0.2, -0.15) is 9.41 Å². The SMILES string of the molecule is O=S(=O)(c1ccc(NC(=S)N/N=C/c2c[nH]c3ccc(Br)cc23)cc1)N1CCOCC1. The fraction of sp³-hybridized carbons (Fsp3) is 0.200. The van der Waals surface area contributed by atoms with Crippen molar-refractivity contribution in [3.63, 3.8) is 0 Å². The number of hydrogen-bond acceptors (Lipinski definition) is 5. The minimum Gasteiger partial charge on any atom is -0.379 e. The van der Waals surface area contributed by atoms with Gasteiger partial charge in [0, 0.05) is 45.9 Å². The summed E-state index contributed by atoms with van der Waals surface area (Å²) in [5.41, 5.74) is 5.36. The normalized spacial score (nSPS) is 15.4. The van der Waals surface area contributed by atoms with E-state index in [1.165, 1.54) is 4.31 Å². The molecule has 162 valence electrons. The Morgan fingerprint density at radius 2 is 1.94 bits per heavy atom. The van der Waals surface area contributed by atoms with Crippen molar-refractivity contribution < 1.29 is 13.2 Å². The van der Waals surface area contributed by atoms with Crippen LogP contribution in [0.4, 0.5) is 5.69 Å². The molecule has 3 N–H and O–H groups in total. The number of hydrazone groups is 1. The van der Waals surface area contributed by atoms with Crippen LogP contribution in [-0.4, -0.2) is 55.3 Å². The highest BCUT2D eigenvalue weighted by molar-refractivity contribution is 9.10. The van der Waals surface area contributed by atoms with E-state index in [0.717, 1.165) is 20.9 Å². The summed E-state index contributed by atoms with van der Waals surface area (Å²) in [6, 6.07) is 12.4. The van der Waals surface area contributed by atoms with Crippen molar-refractivity contribution in [1.29, 1.82) is 0 Å². The van der Waals surface area contributed by atoms with Crippen molar-refractivity contribution in [2.45, 2.75) is 4.90 Å². The molecule has 0 radical (unpaired) electrons. The predicted molar refractivity (Wildman–Crippen MR) is 129 cm³/mol. The second-order valence-electron chi connectivity index (χ2n) is 6.80. The summed E-state index contributed by atoms with van der Waals surface area (Å²) in [7, 11) is -3.52. The Balaban J connectivity index is 1.36. The van der Waals surface area contributed by atoms with Crippen molar-refractivity contribution in [3.05, 3.63) is 58.7 Å². The van der Waals surface area contributed by atoms with Gasteiger partial charge in [0.05, 0.1) is 24.3 Å². The molecule has 11 heteroatoms. The minimum atomic E-state index is -3.52. The summed E-state index contributed by atoms with van der Waals surface area (Å²) in [5, 5.41) is 8.50. The molecule has 0 saturated carbocycles. The molecular formula is C20H20BrN5O3S2. The lowest BCUT2D eigenvalue weighted by molar-refractivity contribution is 0.0730. The number of fused-ring (bicyclic) bond motifs is 1. The quantitative estimate of drug-likeness (QED) is 0.270. The van der Waals surface area contributed by atoms with Crippen molar-refractivity contribution in [3.8, 4) is 0 Å². The highest BCUT2D eigenvalue weighted by Gasteiger charge is 2.26. The van der Waals surface area contributed by atoms with Crippen molar-refractivity contribution >= 4 is 66.1 Å². The Kier molecular flexibility index (Phi) is 6.68. The maximum atomic E-state index is 12.7. The molecule has 1 saturated heterocycles. The first-order chi connectivity index (χ1) is 14.9. The lowest BCUT2D eigenvalue weighted by Crippen LogP contribution is -2.40. The Morgan fingerprint density at radius 3 is 2.68 bits per heavy atom. The number of ether oxygens (including phenoxy) is 1. The van der Waals surface area contributed by atoms with Crippen LogP contribution in [0.15, 0.2) is 63.1 Å². The van der Waals surface area contributed by atoms with E-state index in [9.17, 15) is 8.42 Å². The minimum absolute atomic E-state index is 0.238. The number of anilines is 1. The number of nitrogens with zero attached hydrogens (tertiary/aromatic N) is 2. The first-order valence-electron chi connectivity index (χ1n) is 9.48. The van der Waals surface area contributed by atoms with Crippen LogP contribution in [-0.2, 0) is 14.8 Å². The fourth-order valence-electron chi connectivity index (χ4n) is 3.19. The molecule has 0 atom stereocenters. The van der Waals surface area contributed by atoms with Gasteiger partial charge in [-0.15, -0.1) is 0 Å². The lowest BCUT2D eigenvalue weighted by Gasteiger charge is -2.26. The number of rotatable bonds is 5. The Morgan fingerprint density at radius 1 is 1.19 bits per heavy atom. The molecule has 3 aromatic rings. The molecule has 0 aliphatic carbocycles. The first-order valence-corrected chi connectivity index (χ1v) is 12.1. The van der Waals surface area contributed by atoms with E-state index in [0.29, 0.717) is 37.1 Å². The molecule has 4 rings (SSSR count). The monoisotopic (exact) mass is 521 g/mol. The van der Waals surface area contributed by atoms with Gasteiger partial charge in [0.2, 0.25) is 10.0 Å². The van der Waals surface area contributed by atoms with E-state index in [1.807, 2.05) is 24.4 Å². The van der Waals surface area contributed by atoms with Crippen LogP contribution in [0.3, 0.4) is 0 Å². The zero-order valence-electron chi connectivity index (χ0n) is 16.3. The molecule has 2 heterocycles. The number of H-pyrrole nitrogens is 1. The zero-order valence-corrected chi connectivity index (χ0v) is 19.6. The van der Waals surface area contributed by atoms with Crippen LogP contribution in [0, 0.1) is 0 Å². The van der Waals surface area contributed by atoms with E-state index >= 15 is 0 Å². The average Bonchev–Trinajstić information content (AvgIpc) is 3.17. The molecule has 2 aromatic carbocycles. The molecule has 0 unspecified atom stereocenters. The number of morpholine rings is 1. The van der Waals surface area contributed by atoms with Crippen molar-refractivity contribution in [2.75, 3.05) is 31.6 Å². The van der Waals surface area contributed by atoms with Gasteiger partial charge in [0.1, 0.15) is 0 Å². The number of aromatic amines is 1. The van der Waals surface area contributed by atoms with Gasteiger partial charge in [-0.3, -0.25) is 5.43 Å². The third-order valence-electron chi connectivity index (χ3n) is 4.77. The van der Waals surface area contributed by atoms with E-state index in [1.54, 1.807) is 30.5 Å². The van der Waals surface area contributed by atoms with Crippen molar-refractivity contribution in [2.24, 2.45) is 5.10 Å². The number of thiocarbonyl (C=S) groups is 1. The standard InChI is InChI=1S/C20H20BrN5O3S2/c21-15-1-6-19-18(11-15)14(12-22-19)13-23-25-20(30)24-16-2-4-17(5-3-16)31(27,28)26-7-9-29-10-8-26/h1-6,11-13,22H,7-10H2,(H2,24,25,30)/b23-13+. The Hall–Kier alpha value is -2.31. The molecule has 0 amide bonds.